The number of nitrogens with zero attached hydrogens (tertiary/aromatic N) is 2. The van der Waals surface area contributed by atoms with E-state index in [1.165, 1.54) is 19.3 Å². The third-order valence-corrected chi connectivity index (χ3v) is 3.90. The van der Waals surface area contributed by atoms with Crippen LogP contribution < -0.4 is 5.32 Å². The summed E-state index contributed by atoms with van der Waals surface area (Å²) in [6, 6.07) is 5.62. The first-order chi connectivity index (χ1) is 9.74. The van der Waals surface area contributed by atoms with E-state index < -0.39 is 0 Å². The molecule has 1 heterocycles. The fourth-order valence-corrected chi connectivity index (χ4v) is 2.41. The summed E-state index contributed by atoms with van der Waals surface area (Å²) >= 11 is 0. The van der Waals surface area contributed by atoms with Crippen LogP contribution in [0.25, 0.3) is 0 Å². The summed E-state index contributed by atoms with van der Waals surface area (Å²) in [7, 11) is 0. The number of rotatable bonds is 7. The first kappa shape index (κ1) is 14.8. The van der Waals surface area contributed by atoms with Gasteiger partial charge in [0.2, 0.25) is 0 Å². The lowest BCUT2D eigenvalue weighted by atomic mass is 9.85. The van der Waals surface area contributed by atoms with E-state index in [1.54, 1.807) is 0 Å². The second kappa shape index (κ2) is 7.27. The third kappa shape index (κ3) is 3.71. The van der Waals surface area contributed by atoms with Crippen molar-refractivity contribution in [3.63, 3.8) is 0 Å². The van der Waals surface area contributed by atoms with Gasteiger partial charge in [0.1, 0.15) is 11.5 Å². The number of amides is 1. The van der Waals surface area contributed by atoms with E-state index in [0.29, 0.717) is 11.6 Å². The van der Waals surface area contributed by atoms with Gasteiger partial charge in [-0.2, -0.15) is 0 Å². The second-order valence-corrected chi connectivity index (χ2v) is 5.48. The lowest BCUT2D eigenvalue weighted by Crippen LogP contribution is -2.37. The number of hydrogen-bond donors (Lipinski definition) is 1. The molecule has 1 fully saturated rings. The van der Waals surface area contributed by atoms with Gasteiger partial charge in [0, 0.05) is 19.6 Å². The average Bonchev–Trinajstić information content (AvgIpc) is 2.44. The summed E-state index contributed by atoms with van der Waals surface area (Å²) in [4.78, 5) is 18.9. The standard InChI is InChI=1S/C16H25N3O/c1-3-11-17-15-10-6-9-14(18-15)16(20)19(4-2)12-13-7-5-8-13/h6,9-10,13H,3-5,7-8,11-12H2,1-2H3,(H,17,18). The van der Waals surface area contributed by atoms with Gasteiger partial charge in [0.05, 0.1) is 0 Å². The van der Waals surface area contributed by atoms with Crippen LogP contribution in [-0.4, -0.2) is 35.4 Å². The van der Waals surface area contributed by atoms with Crippen LogP contribution in [0.5, 0.6) is 0 Å². The van der Waals surface area contributed by atoms with Gasteiger partial charge in [0.15, 0.2) is 0 Å². The van der Waals surface area contributed by atoms with Crippen LogP contribution in [0.2, 0.25) is 0 Å². The third-order valence-electron chi connectivity index (χ3n) is 3.90. The first-order valence-corrected chi connectivity index (χ1v) is 7.74. The Morgan fingerprint density at radius 1 is 1.40 bits per heavy atom. The molecule has 0 aliphatic heterocycles. The van der Waals surface area contributed by atoms with E-state index in [2.05, 4.69) is 17.2 Å². The molecule has 1 aliphatic rings. The van der Waals surface area contributed by atoms with E-state index in [9.17, 15) is 4.79 Å². The van der Waals surface area contributed by atoms with E-state index in [0.717, 1.165) is 31.9 Å². The van der Waals surface area contributed by atoms with Crippen molar-refractivity contribution in [3.8, 4) is 0 Å². The van der Waals surface area contributed by atoms with Crippen molar-refractivity contribution in [2.75, 3.05) is 25.0 Å². The zero-order chi connectivity index (χ0) is 14.4. The maximum atomic E-state index is 12.5. The highest BCUT2D eigenvalue weighted by atomic mass is 16.2. The van der Waals surface area contributed by atoms with Crippen molar-refractivity contribution in [1.82, 2.24) is 9.88 Å². The maximum Gasteiger partial charge on any atom is 0.272 e. The molecule has 1 N–H and O–H groups in total. The van der Waals surface area contributed by atoms with E-state index in [1.807, 2.05) is 30.0 Å². The Kier molecular flexibility index (Phi) is 5.39. The number of aromatic nitrogens is 1. The lowest BCUT2D eigenvalue weighted by Gasteiger charge is -2.31. The Balaban J connectivity index is 2.01. The molecule has 4 nitrogen and oxygen atoms in total. The molecule has 1 aliphatic carbocycles. The lowest BCUT2D eigenvalue weighted by molar-refractivity contribution is 0.0701. The maximum absolute atomic E-state index is 12.5. The molecule has 1 aromatic rings. The summed E-state index contributed by atoms with van der Waals surface area (Å²) in [5, 5.41) is 3.23. The minimum absolute atomic E-state index is 0.0551. The average molecular weight is 275 g/mol. The minimum Gasteiger partial charge on any atom is -0.370 e. The predicted molar refractivity (Wildman–Crippen MR) is 81.9 cm³/mol. The highest BCUT2D eigenvalue weighted by Gasteiger charge is 2.24. The molecule has 110 valence electrons. The first-order valence-electron chi connectivity index (χ1n) is 7.74. The largest absolute Gasteiger partial charge is 0.370 e. The monoisotopic (exact) mass is 275 g/mol. The molecule has 20 heavy (non-hydrogen) atoms. The summed E-state index contributed by atoms with van der Waals surface area (Å²) in [6.45, 7) is 6.66. The van der Waals surface area contributed by atoms with Gasteiger partial charge in [-0.05, 0) is 44.2 Å². The van der Waals surface area contributed by atoms with Crippen molar-refractivity contribution >= 4 is 11.7 Å². The van der Waals surface area contributed by atoms with Gasteiger partial charge < -0.3 is 10.2 Å². The van der Waals surface area contributed by atoms with Crippen molar-refractivity contribution in [2.24, 2.45) is 5.92 Å². The predicted octanol–water partition coefficient (Wildman–Crippen LogP) is 3.17. The van der Waals surface area contributed by atoms with Crippen molar-refractivity contribution in [2.45, 2.75) is 39.5 Å². The molecule has 1 aromatic heterocycles. The Bertz CT molecular complexity index is 443. The fourth-order valence-electron chi connectivity index (χ4n) is 2.41. The molecular weight excluding hydrogens is 250 g/mol. The quantitative estimate of drug-likeness (QED) is 0.831. The Labute approximate surface area is 121 Å². The molecule has 0 atom stereocenters. The summed E-state index contributed by atoms with van der Waals surface area (Å²) < 4.78 is 0. The molecule has 0 aromatic carbocycles. The van der Waals surface area contributed by atoms with Crippen LogP contribution in [0, 0.1) is 5.92 Å². The number of nitrogens with one attached hydrogen (secondary N) is 1. The van der Waals surface area contributed by atoms with Gasteiger partial charge in [-0.25, -0.2) is 4.98 Å². The van der Waals surface area contributed by atoms with Crippen molar-refractivity contribution in [1.29, 1.82) is 0 Å². The molecule has 0 spiro atoms. The molecule has 1 amide bonds. The number of carbonyl (C=O) groups excluding carboxylic acids is 1. The number of carbonyl (C=O) groups is 1. The Hall–Kier alpha value is -1.58. The zero-order valence-corrected chi connectivity index (χ0v) is 12.6. The summed E-state index contributed by atoms with van der Waals surface area (Å²) in [5.41, 5.74) is 0.548. The van der Waals surface area contributed by atoms with Crippen LogP contribution in [0.1, 0.15) is 50.0 Å². The normalized spacial score (nSPS) is 14.7. The molecule has 1 saturated carbocycles. The van der Waals surface area contributed by atoms with Gasteiger partial charge in [-0.3, -0.25) is 4.79 Å². The van der Waals surface area contributed by atoms with Gasteiger partial charge in [-0.1, -0.05) is 19.4 Å². The van der Waals surface area contributed by atoms with Gasteiger partial charge in [0.25, 0.3) is 5.91 Å². The zero-order valence-electron chi connectivity index (χ0n) is 12.6. The SMILES string of the molecule is CCCNc1cccc(C(=O)N(CC)CC2CCC2)n1. The van der Waals surface area contributed by atoms with Crippen LogP contribution in [0.4, 0.5) is 5.82 Å². The molecular formula is C16H25N3O. The molecule has 0 saturated heterocycles. The molecule has 0 radical (unpaired) electrons. The van der Waals surface area contributed by atoms with E-state index in [4.69, 9.17) is 0 Å². The molecule has 0 unspecified atom stereocenters. The minimum atomic E-state index is 0.0551. The van der Waals surface area contributed by atoms with Crippen LogP contribution >= 0.6 is 0 Å². The smallest absolute Gasteiger partial charge is 0.272 e. The summed E-state index contributed by atoms with van der Waals surface area (Å²) in [5.74, 6) is 1.54. The number of pyridine rings is 1. The Morgan fingerprint density at radius 2 is 2.20 bits per heavy atom. The van der Waals surface area contributed by atoms with E-state index in [-0.39, 0.29) is 5.91 Å². The van der Waals surface area contributed by atoms with Gasteiger partial charge >= 0.3 is 0 Å². The topological polar surface area (TPSA) is 45.2 Å². The number of hydrogen-bond acceptors (Lipinski definition) is 3. The summed E-state index contributed by atoms with van der Waals surface area (Å²) in [6.07, 6.45) is 4.87. The van der Waals surface area contributed by atoms with Crippen LogP contribution in [0.3, 0.4) is 0 Å². The van der Waals surface area contributed by atoms with Crippen molar-refractivity contribution < 1.29 is 4.79 Å². The van der Waals surface area contributed by atoms with Crippen LogP contribution in [0.15, 0.2) is 18.2 Å². The van der Waals surface area contributed by atoms with Gasteiger partial charge in [-0.15, -0.1) is 0 Å². The second-order valence-electron chi connectivity index (χ2n) is 5.48. The molecule has 4 heteroatoms. The highest BCUT2D eigenvalue weighted by Crippen LogP contribution is 2.27. The van der Waals surface area contributed by atoms with Crippen molar-refractivity contribution in [3.05, 3.63) is 23.9 Å². The van der Waals surface area contributed by atoms with Crippen LogP contribution in [-0.2, 0) is 0 Å². The number of anilines is 1. The highest BCUT2D eigenvalue weighted by molar-refractivity contribution is 5.92. The Morgan fingerprint density at radius 3 is 2.80 bits per heavy atom. The molecule has 2 rings (SSSR count). The fraction of sp³-hybridized carbons (Fsp3) is 0.625. The van der Waals surface area contributed by atoms with E-state index >= 15 is 0 Å². The molecule has 0 bridgehead atoms.